The Balaban J connectivity index is 0.00000441. The van der Waals surface area contributed by atoms with E-state index in [1.54, 1.807) is 0 Å². The quantitative estimate of drug-likeness (QED) is 0.827. The lowest BCUT2D eigenvalue weighted by atomic mass is 9.99. The van der Waals surface area contributed by atoms with Crippen molar-refractivity contribution in [3.63, 3.8) is 0 Å². The fraction of sp³-hybridized carbons (Fsp3) is 0.500. The maximum Gasteiger partial charge on any atom is 0.455 e. The molecular formula is C12H15ClF5NO3. The number of halogens is 6. The Hall–Kier alpha value is -1.48. The third kappa shape index (κ3) is 3.46. The first-order valence-corrected chi connectivity index (χ1v) is 5.60. The largest absolute Gasteiger partial charge is 0.493 e. The molecule has 0 aromatic heterocycles. The summed E-state index contributed by atoms with van der Waals surface area (Å²) in [7, 11) is 3.57. The molecule has 128 valence electrons. The summed E-state index contributed by atoms with van der Waals surface area (Å²) in [5, 5.41) is 0. The smallest absolute Gasteiger partial charge is 0.455 e. The third-order valence-corrected chi connectivity index (χ3v) is 2.84. The molecule has 2 N–H and O–H groups in total. The van der Waals surface area contributed by atoms with Crippen molar-refractivity contribution >= 4 is 12.4 Å². The Bertz CT molecular complexity index is 510. The van der Waals surface area contributed by atoms with Gasteiger partial charge < -0.3 is 19.9 Å². The molecule has 10 heteroatoms. The lowest BCUT2D eigenvalue weighted by molar-refractivity contribution is -0.291. The second kappa shape index (κ2) is 7.19. The summed E-state index contributed by atoms with van der Waals surface area (Å²) in [5.74, 6) is -5.47. The fourth-order valence-corrected chi connectivity index (χ4v) is 1.74. The van der Waals surface area contributed by atoms with Crippen LogP contribution in [0.5, 0.6) is 17.2 Å². The number of rotatable bonds is 5. The molecule has 0 saturated heterocycles. The summed E-state index contributed by atoms with van der Waals surface area (Å²) in [6.45, 7) is 0. The van der Waals surface area contributed by atoms with E-state index in [1.807, 2.05) is 0 Å². The topological polar surface area (TPSA) is 53.7 Å². The predicted octanol–water partition coefficient (Wildman–Crippen LogP) is 3.33. The first kappa shape index (κ1) is 20.5. The first-order chi connectivity index (χ1) is 9.61. The van der Waals surface area contributed by atoms with Crippen molar-refractivity contribution in [2.24, 2.45) is 5.73 Å². The molecule has 0 radical (unpaired) electrons. The predicted molar refractivity (Wildman–Crippen MR) is 71.3 cm³/mol. The highest BCUT2D eigenvalue weighted by atomic mass is 35.5. The van der Waals surface area contributed by atoms with E-state index in [9.17, 15) is 22.0 Å². The van der Waals surface area contributed by atoms with Crippen LogP contribution in [-0.4, -0.2) is 33.4 Å². The van der Waals surface area contributed by atoms with E-state index in [-0.39, 0.29) is 29.7 Å². The standard InChI is InChI=1S/C12H14F5NO3.ClH/c1-19-7-5-4-6(8(20-2)9(7)21-3)10(18)11(13,14)12(15,16)17;/h4-5,10H,18H2,1-3H3;1H/t10-;/m1./s1. The molecule has 0 aliphatic heterocycles. The Morgan fingerprint density at radius 2 is 1.41 bits per heavy atom. The highest BCUT2D eigenvalue weighted by Gasteiger charge is 2.62. The van der Waals surface area contributed by atoms with Gasteiger partial charge in [0.25, 0.3) is 0 Å². The van der Waals surface area contributed by atoms with Crippen molar-refractivity contribution in [1.82, 2.24) is 0 Å². The van der Waals surface area contributed by atoms with Crippen LogP contribution in [0.25, 0.3) is 0 Å². The molecular weight excluding hydrogens is 337 g/mol. The molecule has 0 fully saturated rings. The van der Waals surface area contributed by atoms with Gasteiger partial charge in [-0.15, -0.1) is 12.4 Å². The first-order valence-electron chi connectivity index (χ1n) is 5.60. The van der Waals surface area contributed by atoms with E-state index in [1.165, 1.54) is 20.3 Å². The minimum Gasteiger partial charge on any atom is -0.493 e. The molecule has 1 atom stereocenters. The van der Waals surface area contributed by atoms with Crippen molar-refractivity contribution in [1.29, 1.82) is 0 Å². The Labute approximate surface area is 129 Å². The van der Waals surface area contributed by atoms with Gasteiger partial charge in [-0.25, -0.2) is 0 Å². The fourth-order valence-electron chi connectivity index (χ4n) is 1.74. The maximum absolute atomic E-state index is 13.4. The Kier molecular flexibility index (Phi) is 6.70. The number of benzene rings is 1. The zero-order chi connectivity index (χ0) is 16.4. The number of hydrogen-bond acceptors (Lipinski definition) is 4. The Morgan fingerprint density at radius 1 is 0.909 bits per heavy atom. The zero-order valence-corrected chi connectivity index (χ0v) is 12.6. The van der Waals surface area contributed by atoms with E-state index in [2.05, 4.69) is 0 Å². The minimum absolute atomic E-state index is 0. The number of methoxy groups -OCH3 is 3. The summed E-state index contributed by atoms with van der Waals surface area (Å²) in [4.78, 5) is 0. The van der Waals surface area contributed by atoms with Crippen LogP contribution in [0.4, 0.5) is 22.0 Å². The lowest BCUT2D eigenvalue weighted by Crippen LogP contribution is -2.46. The number of hydrogen-bond donors (Lipinski definition) is 1. The van der Waals surface area contributed by atoms with Crippen molar-refractivity contribution in [3.8, 4) is 17.2 Å². The van der Waals surface area contributed by atoms with Crippen molar-refractivity contribution in [2.75, 3.05) is 21.3 Å². The monoisotopic (exact) mass is 351 g/mol. The van der Waals surface area contributed by atoms with Crippen LogP contribution >= 0.6 is 12.4 Å². The van der Waals surface area contributed by atoms with E-state index in [0.717, 1.165) is 13.2 Å². The van der Waals surface area contributed by atoms with Gasteiger partial charge in [-0.2, -0.15) is 22.0 Å². The number of ether oxygens (including phenoxy) is 3. The lowest BCUT2D eigenvalue weighted by Gasteiger charge is -2.27. The zero-order valence-electron chi connectivity index (χ0n) is 11.8. The molecule has 22 heavy (non-hydrogen) atoms. The number of nitrogens with two attached hydrogens (primary N) is 1. The van der Waals surface area contributed by atoms with Gasteiger partial charge in [-0.1, -0.05) is 0 Å². The highest BCUT2D eigenvalue weighted by molar-refractivity contribution is 5.85. The van der Waals surface area contributed by atoms with Gasteiger partial charge in [0, 0.05) is 5.56 Å². The second-order valence-electron chi connectivity index (χ2n) is 4.02. The Morgan fingerprint density at radius 3 is 1.77 bits per heavy atom. The van der Waals surface area contributed by atoms with Gasteiger partial charge in [-0.3, -0.25) is 0 Å². The summed E-state index contributed by atoms with van der Waals surface area (Å²) >= 11 is 0. The van der Waals surface area contributed by atoms with Crippen LogP contribution in [0, 0.1) is 0 Å². The maximum atomic E-state index is 13.4. The van der Waals surface area contributed by atoms with Gasteiger partial charge in [0.15, 0.2) is 11.5 Å². The van der Waals surface area contributed by atoms with Gasteiger partial charge in [0.1, 0.15) is 6.04 Å². The SMILES string of the molecule is COc1ccc([C@@H](N)C(F)(F)C(F)(F)F)c(OC)c1OC.Cl. The molecule has 0 bridgehead atoms. The van der Waals surface area contributed by atoms with E-state index < -0.39 is 23.7 Å². The summed E-state index contributed by atoms with van der Waals surface area (Å²) in [6, 6.07) is -0.500. The van der Waals surface area contributed by atoms with Crippen LogP contribution < -0.4 is 19.9 Å². The van der Waals surface area contributed by atoms with Crippen LogP contribution in [0.15, 0.2) is 12.1 Å². The highest BCUT2D eigenvalue weighted by Crippen LogP contribution is 2.49. The summed E-state index contributed by atoms with van der Waals surface area (Å²) in [6.07, 6.45) is -5.79. The van der Waals surface area contributed by atoms with E-state index in [0.29, 0.717) is 0 Å². The molecule has 1 aromatic carbocycles. The van der Waals surface area contributed by atoms with E-state index in [4.69, 9.17) is 19.9 Å². The van der Waals surface area contributed by atoms with Crippen LogP contribution in [0.1, 0.15) is 11.6 Å². The van der Waals surface area contributed by atoms with E-state index >= 15 is 0 Å². The number of alkyl halides is 5. The van der Waals surface area contributed by atoms with Crippen molar-refractivity contribution in [3.05, 3.63) is 17.7 Å². The van der Waals surface area contributed by atoms with Crippen molar-refractivity contribution < 1.29 is 36.2 Å². The summed E-state index contributed by atoms with van der Waals surface area (Å²) < 4.78 is 78.6. The summed E-state index contributed by atoms with van der Waals surface area (Å²) in [5.41, 5.74) is 4.56. The minimum atomic E-state index is -5.79. The van der Waals surface area contributed by atoms with Crippen molar-refractivity contribution in [2.45, 2.75) is 18.1 Å². The van der Waals surface area contributed by atoms with Crippen LogP contribution in [0.3, 0.4) is 0 Å². The molecule has 1 rings (SSSR count). The average molecular weight is 352 g/mol. The van der Waals surface area contributed by atoms with Gasteiger partial charge in [-0.05, 0) is 12.1 Å². The van der Waals surface area contributed by atoms with Gasteiger partial charge in [0.2, 0.25) is 5.75 Å². The molecule has 1 aromatic rings. The third-order valence-electron chi connectivity index (χ3n) is 2.84. The molecule has 0 aliphatic carbocycles. The molecule has 0 unspecified atom stereocenters. The molecule has 0 amide bonds. The normalized spacial score (nSPS) is 13.1. The van der Waals surface area contributed by atoms with Crippen LogP contribution in [-0.2, 0) is 0 Å². The van der Waals surface area contributed by atoms with Crippen LogP contribution in [0.2, 0.25) is 0 Å². The molecule has 0 saturated carbocycles. The van der Waals surface area contributed by atoms with Gasteiger partial charge in [0.05, 0.1) is 21.3 Å². The molecule has 4 nitrogen and oxygen atoms in total. The van der Waals surface area contributed by atoms with Gasteiger partial charge >= 0.3 is 12.1 Å². The molecule has 0 heterocycles. The molecule has 0 spiro atoms. The average Bonchev–Trinajstić information content (AvgIpc) is 2.43. The second-order valence-corrected chi connectivity index (χ2v) is 4.02. The molecule has 0 aliphatic rings.